The Hall–Kier alpha value is -1.55. The second kappa shape index (κ2) is 6.75. The highest BCUT2D eigenvalue weighted by molar-refractivity contribution is 5.77. The number of carbonyl (C=O) groups excluding carboxylic acids is 1. The lowest BCUT2D eigenvalue weighted by Crippen LogP contribution is -2.30. The fourth-order valence-electron chi connectivity index (χ4n) is 2.42. The Balaban J connectivity index is 1.78. The summed E-state index contributed by atoms with van der Waals surface area (Å²) in [5.74, 6) is 1.27. The second-order valence-electron chi connectivity index (χ2n) is 5.83. The third-order valence-corrected chi connectivity index (χ3v) is 3.65. The van der Waals surface area contributed by atoms with E-state index in [0.29, 0.717) is 12.5 Å². The van der Waals surface area contributed by atoms with Gasteiger partial charge in [0.1, 0.15) is 5.75 Å². The molecule has 110 valence electrons. The minimum Gasteiger partial charge on any atom is -0.484 e. The molecule has 1 aromatic carbocycles. The summed E-state index contributed by atoms with van der Waals surface area (Å²) in [6.45, 7) is 5.05. The molecule has 1 aliphatic rings. The van der Waals surface area contributed by atoms with E-state index in [1.165, 1.54) is 11.1 Å². The zero-order chi connectivity index (χ0) is 14.5. The van der Waals surface area contributed by atoms with Gasteiger partial charge in [-0.15, -0.1) is 0 Å². The van der Waals surface area contributed by atoms with Crippen LogP contribution in [0.15, 0.2) is 18.2 Å². The summed E-state index contributed by atoms with van der Waals surface area (Å²) in [5.41, 5.74) is 8.45. The number of rotatable bonds is 6. The predicted octanol–water partition coefficient (Wildman–Crippen LogP) is 2.17. The Kier molecular flexibility index (Phi) is 5.01. The van der Waals surface area contributed by atoms with Gasteiger partial charge in [0.05, 0.1) is 0 Å². The number of hydrogen-bond donors (Lipinski definition) is 2. The molecule has 1 atom stereocenters. The van der Waals surface area contributed by atoms with Crippen LogP contribution in [0.5, 0.6) is 5.75 Å². The highest BCUT2D eigenvalue weighted by Crippen LogP contribution is 2.31. The molecule has 0 heterocycles. The number of nitrogens with one attached hydrogen (secondary N) is 1. The zero-order valence-electron chi connectivity index (χ0n) is 12.3. The standard InChI is InChI=1S/C16H24N2O2/c1-11(2)7-8-18-16(19)10-20-13-4-5-14-12(9-13)3-6-15(14)17/h4-5,9,11,15H,3,6-8,10,17H2,1-2H3,(H,18,19)/t15-/m0/s1. The summed E-state index contributed by atoms with van der Waals surface area (Å²) in [6, 6.07) is 6.06. The molecule has 4 heteroatoms. The first-order valence-corrected chi connectivity index (χ1v) is 7.34. The molecule has 0 aliphatic heterocycles. The molecule has 0 radical (unpaired) electrons. The monoisotopic (exact) mass is 276 g/mol. The van der Waals surface area contributed by atoms with Crippen LogP contribution in [0.4, 0.5) is 0 Å². The third kappa shape index (κ3) is 3.97. The summed E-state index contributed by atoms with van der Waals surface area (Å²) in [6.07, 6.45) is 2.98. The van der Waals surface area contributed by atoms with Crippen molar-refractivity contribution in [3.05, 3.63) is 29.3 Å². The Labute approximate surface area is 120 Å². The Morgan fingerprint density at radius 1 is 1.50 bits per heavy atom. The first kappa shape index (κ1) is 14.9. The molecule has 0 saturated heterocycles. The van der Waals surface area contributed by atoms with Crippen molar-refractivity contribution in [1.82, 2.24) is 5.32 Å². The number of benzene rings is 1. The van der Waals surface area contributed by atoms with Gasteiger partial charge in [0.2, 0.25) is 0 Å². The van der Waals surface area contributed by atoms with Crippen molar-refractivity contribution in [2.45, 2.75) is 39.2 Å². The van der Waals surface area contributed by atoms with Crippen LogP contribution < -0.4 is 15.8 Å². The largest absolute Gasteiger partial charge is 0.484 e. The molecule has 1 aliphatic carbocycles. The van der Waals surface area contributed by atoms with Crippen LogP contribution >= 0.6 is 0 Å². The van der Waals surface area contributed by atoms with Crippen molar-refractivity contribution in [3.63, 3.8) is 0 Å². The molecule has 20 heavy (non-hydrogen) atoms. The van der Waals surface area contributed by atoms with Gasteiger partial charge >= 0.3 is 0 Å². The van der Waals surface area contributed by atoms with Gasteiger partial charge in [-0.2, -0.15) is 0 Å². The SMILES string of the molecule is CC(C)CCNC(=O)COc1ccc2c(c1)CC[C@@H]2N. The van der Waals surface area contributed by atoms with Crippen LogP contribution in [-0.2, 0) is 11.2 Å². The molecule has 0 saturated carbocycles. The van der Waals surface area contributed by atoms with Crippen LogP contribution in [0.1, 0.15) is 43.9 Å². The first-order valence-electron chi connectivity index (χ1n) is 7.34. The maximum atomic E-state index is 11.6. The minimum atomic E-state index is -0.0668. The molecule has 1 aromatic rings. The Morgan fingerprint density at radius 2 is 2.30 bits per heavy atom. The molecule has 1 amide bonds. The summed E-state index contributed by atoms with van der Waals surface area (Å²) < 4.78 is 5.53. The van der Waals surface area contributed by atoms with Crippen LogP contribution in [0, 0.1) is 5.92 Å². The van der Waals surface area contributed by atoms with E-state index >= 15 is 0 Å². The molecule has 0 aromatic heterocycles. The predicted molar refractivity (Wildman–Crippen MR) is 79.7 cm³/mol. The van der Waals surface area contributed by atoms with Gasteiger partial charge in [-0.3, -0.25) is 4.79 Å². The van der Waals surface area contributed by atoms with Crippen molar-refractivity contribution in [2.24, 2.45) is 11.7 Å². The molecule has 0 fully saturated rings. The van der Waals surface area contributed by atoms with Crippen LogP contribution in [0.3, 0.4) is 0 Å². The average molecular weight is 276 g/mol. The van der Waals surface area contributed by atoms with Crippen molar-refractivity contribution < 1.29 is 9.53 Å². The van der Waals surface area contributed by atoms with E-state index in [-0.39, 0.29) is 18.6 Å². The Bertz CT molecular complexity index is 472. The number of aryl methyl sites for hydroxylation is 1. The summed E-state index contributed by atoms with van der Waals surface area (Å²) >= 11 is 0. The van der Waals surface area contributed by atoms with E-state index in [4.69, 9.17) is 10.5 Å². The van der Waals surface area contributed by atoms with E-state index in [1.807, 2.05) is 18.2 Å². The van der Waals surface area contributed by atoms with E-state index < -0.39 is 0 Å². The number of amides is 1. The normalized spacial score (nSPS) is 17.1. The van der Waals surface area contributed by atoms with Crippen molar-refractivity contribution in [1.29, 1.82) is 0 Å². The highest BCUT2D eigenvalue weighted by Gasteiger charge is 2.19. The molecule has 0 bridgehead atoms. The molecule has 2 rings (SSSR count). The lowest BCUT2D eigenvalue weighted by molar-refractivity contribution is -0.123. The number of fused-ring (bicyclic) bond motifs is 1. The number of hydrogen-bond acceptors (Lipinski definition) is 3. The lowest BCUT2D eigenvalue weighted by atomic mass is 10.1. The molecular weight excluding hydrogens is 252 g/mol. The van der Waals surface area contributed by atoms with E-state index in [1.54, 1.807) is 0 Å². The fourth-order valence-corrected chi connectivity index (χ4v) is 2.42. The molecule has 0 unspecified atom stereocenters. The van der Waals surface area contributed by atoms with Gasteiger partial charge in [-0.05, 0) is 48.4 Å². The average Bonchev–Trinajstić information content (AvgIpc) is 2.77. The van der Waals surface area contributed by atoms with Gasteiger partial charge in [0.25, 0.3) is 5.91 Å². The second-order valence-corrected chi connectivity index (χ2v) is 5.83. The fraction of sp³-hybridized carbons (Fsp3) is 0.562. The number of ether oxygens (including phenoxy) is 1. The van der Waals surface area contributed by atoms with Gasteiger partial charge in [-0.25, -0.2) is 0 Å². The number of nitrogens with two attached hydrogens (primary N) is 1. The van der Waals surface area contributed by atoms with Crippen molar-refractivity contribution in [3.8, 4) is 5.75 Å². The van der Waals surface area contributed by atoms with Gasteiger partial charge in [0.15, 0.2) is 6.61 Å². The summed E-state index contributed by atoms with van der Waals surface area (Å²) in [4.78, 5) is 11.6. The van der Waals surface area contributed by atoms with Gasteiger partial charge in [0, 0.05) is 12.6 Å². The van der Waals surface area contributed by atoms with E-state index in [0.717, 1.165) is 25.0 Å². The van der Waals surface area contributed by atoms with E-state index in [9.17, 15) is 4.79 Å². The molecular formula is C16H24N2O2. The third-order valence-electron chi connectivity index (χ3n) is 3.65. The Morgan fingerprint density at radius 3 is 3.05 bits per heavy atom. The maximum absolute atomic E-state index is 11.6. The quantitative estimate of drug-likeness (QED) is 0.837. The van der Waals surface area contributed by atoms with Crippen LogP contribution in [-0.4, -0.2) is 19.1 Å². The lowest BCUT2D eigenvalue weighted by Gasteiger charge is -2.10. The summed E-state index contributed by atoms with van der Waals surface area (Å²) in [5, 5.41) is 2.86. The van der Waals surface area contributed by atoms with Crippen LogP contribution in [0.2, 0.25) is 0 Å². The van der Waals surface area contributed by atoms with Crippen molar-refractivity contribution >= 4 is 5.91 Å². The molecule has 0 spiro atoms. The van der Waals surface area contributed by atoms with Crippen molar-refractivity contribution in [2.75, 3.05) is 13.2 Å². The topological polar surface area (TPSA) is 64.3 Å². The van der Waals surface area contributed by atoms with Crippen LogP contribution in [0.25, 0.3) is 0 Å². The van der Waals surface area contributed by atoms with Gasteiger partial charge < -0.3 is 15.8 Å². The molecule has 3 N–H and O–H groups in total. The number of carbonyl (C=O) groups is 1. The molecule has 4 nitrogen and oxygen atoms in total. The maximum Gasteiger partial charge on any atom is 0.257 e. The van der Waals surface area contributed by atoms with Gasteiger partial charge in [-0.1, -0.05) is 19.9 Å². The zero-order valence-corrected chi connectivity index (χ0v) is 12.3. The smallest absolute Gasteiger partial charge is 0.257 e. The first-order chi connectivity index (χ1) is 9.56. The summed E-state index contributed by atoms with van der Waals surface area (Å²) in [7, 11) is 0. The minimum absolute atomic E-state index is 0.0668. The van der Waals surface area contributed by atoms with E-state index in [2.05, 4.69) is 19.2 Å². The highest BCUT2D eigenvalue weighted by atomic mass is 16.5.